The van der Waals surface area contributed by atoms with Crippen LogP contribution < -0.4 is 0 Å². The fraction of sp³-hybridized carbons (Fsp3) is 0.562. The van der Waals surface area contributed by atoms with Gasteiger partial charge in [-0.3, -0.25) is 4.79 Å². The number of carbonyl (C=O) groups excluding carboxylic acids is 1. The van der Waals surface area contributed by atoms with E-state index in [1.165, 1.54) is 23.0 Å². The Labute approximate surface area is 157 Å². The first-order valence-electron chi connectivity index (χ1n) is 8.90. The lowest BCUT2D eigenvalue weighted by atomic mass is 10.0. The first kappa shape index (κ1) is 18.0. The average Bonchev–Trinajstić information content (AvgIpc) is 3.10. The first-order chi connectivity index (χ1) is 12.9. The third-order valence-corrected chi connectivity index (χ3v) is 6.29. The molecule has 0 bridgehead atoms. The lowest BCUT2D eigenvalue weighted by Gasteiger charge is -2.34. The van der Waals surface area contributed by atoms with Gasteiger partial charge in [-0.2, -0.15) is 4.31 Å². The first-order valence-corrected chi connectivity index (χ1v) is 10.7. The zero-order chi connectivity index (χ0) is 19.0. The summed E-state index contributed by atoms with van der Waals surface area (Å²) in [5.41, 5.74) is 0. The predicted molar refractivity (Wildman–Crippen MR) is 94.9 cm³/mol. The molecule has 2 aliphatic rings. The fourth-order valence-corrected chi connectivity index (χ4v) is 4.83. The Bertz CT molecular complexity index is 944. The molecular formula is C16H21N7O3S. The minimum atomic E-state index is -3.32. The van der Waals surface area contributed by atoms with Gasteiger partial charge in [0.15, 0.2) is 11.6 Å². The molecule has 144 valence electrons. The third-order valence-electron chi connectivity index (χ3n) is 5.00. The van der Waals surface area contributed by atoms with Crippen molar-refractivity contribution in [2.45, 2.75) is 38.4 Å². The third kappa shape index (κ3) is 3.44. The summed E-state index contributed by atoms with van der Waals surface area (Å²) in [6.45, 7) is 1.79. The van der Waals surface area contributed by atoms with Crippen molar-refractivity contribution < 1.29 is 13.2 Å². The molecule has 0 radical (unpaired) electrons. The Morgan fingerprint density at radius 2 is 1.89 bits per heavy atom. The normalized spacial score (nSPS) is 21.1. The number of hydrogen-bond acceptors (Lipinski definition) is 7. The van der Waals surface area contributed by atoms with Gasteiger partial charge < -0.3 is 9.47 Å². The van der Waals surface area contributed by atoms with Crippen molar-refractivity contribution in [3.05, 3.63) is 35.9 Å². The molecule has 0 aromatic carbocycles. The lowest BCUT2D eigenvalue weighted by Crippen LogP contribution is -2.42. The van der Waals surface area contributed by atoms with Crippen LogP contribution >= 0.6 is 0 Å². The van der Waals surface area contributed by atoms with Crippen LogP contribution in [0, 0.1) is 0 Å². The number of carbonyl (C=O) groups is 1. The lowest BCUT2D eigenvalue weighted by molar-refractivity contribution is 0.0692. The van der Waals surface area contributed by atoms with Gasteiger partial charge in [0.25, 0.3) is 5.91 Å². The maximum absolute atomic E-state index is 12.6. The number of nitrogens with zero attached hydrogens (tertiary/aromatic N) is 7. The molecule has 1 amide bonds. The molecule has 2 aromatic rings. The van der Waals surface area contributed by atoms with Crippen molar-refractivity contribution in [1.29, 1.82) is 0 Å². The van der Waals surface area contributed by atoms with Crippen LogP contribution in [0.1, 0.15) is 47.6 Å². The molecule has 10 nitrogen and oxygen atoms in total. The number of fused-ring (bicyclic) bond motifs is 1. The Hall–Kier alpha value is -2.40. The van der Waals surface area contributed by atoms with Crippen molar-refractivity contribution in [1.82, 2.24) is 33.9 Å². The highest BCUT2D eigenvalue weighted by Crippen LogP contribution is 2.32. The zero-order valence-corrected chi connectivity index (χ0v) is 15.8. The van der Waals surface area contributed by atoms with Crippen LogP contribution in [0.4, 0.5) is 0 Å². The predicted octanol–water partition coefficient (Wildman–Crippen LogP) is 0.211. The fourth-order valence-electron chi connectivity index (χ4n) is 3.71. The zero-order valence-electron chi connectivity index (χ0n) is 15.0. The van der Waals surface area contributed by atoms with E-state index in [4.69, 9.17) is 0 Å². The molecule has 1 unspecified atom stereocenters. The smallest absolute Gasteiger partial charge is 0.292 e. The quantitative estimate of drug-likeness (QED) is 0.735. The van der Waals surface area contributed by atoms with E-state index in [0.717, 1.165) is 19.3 Å². The number of rotatable bonds is 3. The highest BCUT2D eigenvalue weighted by Gasteiger charge is 2.36. The molecule has 2 aromatic heterocycles. The van der Waals surface area contributed by atoms with E-state index in [-0.39, 0.29) is 17.8 Å². The van der Waals surface area contributed by atoms with E-state index in [9.17, 15) is 13.2 Å². The van der Waals surface area contributed by atoms with Crippen LogP contribution in [0.25, 0.3) is 0 Å². The van der Waals surface area contributed by atoms with Crippen molar-refractivity contribution in [3.8, 4) is 0 Å². The summed E-state index contributed by atoms with van der Waals surface area (Å²) >= 11 is 0. The Balaban J connectivity index is 1.58. The number of piperidine rings is 1. The summed E-state index contributed by atoms with van der Waals surface area (Å²) in [5, 5.41) is 8.52. The van der Waals surface area contributed by atoms with Gasteiger partial charge in [-0.1, -0.05) is 6.42 Å². The SMILES string of the molecule is CS(=O)(=O)N1CCCCC1c1nnc2n1CCN(C(=O)c1ncccn1)C2. The summed E-state index contributed by atoms with van der Waals surface area (Å²) in [6.07, 6.45) is 6.84. The van der Waals surface area contributed by atoms with E-state index >= 15 is 0 Å². The average molecular weight is 391 g/mol. The highest BCUT2D eigenvalue weighted by molar-refractivity contribution is 7.88. The molecule has 4 rings (SSSR count). The van der Waals surface area contributed by atoms with Crippen LogP contribution in [-0.2, 0) is 23.1 Å². The Kier molecular flexibility index (Phi) is 4.64. The van der Waals surface area contributed by atoms with Gasteiger partial charge in [-0.25, -0.2) is 18.4 Å². The van der Waals surface area contributed by atoms with Crippen LogP contribution in [0.15, 0.2) is 18.5 Å². The van der Waals surface area contributed by atoms with E-state index in [1.54, 1.807) is 11.0 Å². The maximum atomic E-state index is 12.6. The molecule has 4 heterocycles. The highest BCUT2D eigenvalue weighted by atomic mass is 32.2. The molecule has 0 saturated carbocycles. The number of aromatic nitrogens is 5. The Morgan fingerprint density at radius 1 is 1.11 bits per heavy atom. The molecule has 0 aliphatic carbocycles. The van der Waals surface area contributed by atoms with Crippen LogP contribution in [0.2, 0.25) is 0 Å². The molecular weight excluding hydrogens is 370 g/mol. The molecule has 1 fully saturated rings. The monoisotopic (exact) mass is 391 g/mol. The summed E-state index contributed by atoms with van der Waals surface area (Å²) in [5.74, 6) is 1.22. The Morgan fingerprint density at radius 3 is 2.63 bits per heavy atom. The summed E-state index contributed by atoms with van der Waals surface area (Å²) < 4.78 is 27.8. The molecule has 0 N–H and O–H groups in total. The summed E-state index contributed by atoms with van der Waals surface area (Å²) in [6, 6.07) is 1.36. The molecule has 0 spiro atoms. The van der Waals surface area contributed by atoms with Crippen molar-refractivity contribution in [3.63, 3.8) is 0 Å². The van der Waals surface area contributed by atoms with E-state index in [0.29, 0.717) is 37.8 Å². The van der Waals surface area contributed by atoms with Gasteiger partial charge >= 0.3 is 0 Å². The van der Waals surface area contributed by atoms with E-state index < -0.39 is 10.0 Å². The second-order valence-electron chi connectivity index (χ2n) is 6.81. The second-order valence-corrected chi connectivity index (χ2v) is 8.75. The molecule has 2 aliphatic heterocycles. The summed E-state index contributed by atoms with van der Waals surface area (Å²) in [4.78, 5) is 22.2. The maximum Gasteiger partial charge on any atom is 0.292 e. The van der Waals surface area contributed by atoms with E-state index in [1.807, 2.05) is 4.57 Å². The standard InChI is InChI=1S/C16H21N7O3S/c1-27(25,26)23-8-3-2-5-12(23)15-20-19-13-11-21(9-10-22(13)15)16(24)14-17-6-4-7-18-14/h4,6-7,12H,2-3,5,8-11H2,1H3. The van der Waals surface area contributed by atoms with E-state index in [2.05, 4.69) is 20.2 Å². The minimum Gasteiger partial charge on any atom is -0.327 e. The largest absolute Gasteiger partial charge is 0.327 e. The van der Waals surface area contributed by atoms with Gasteiger partial charge in [0.2, 0.25) is 15.8 Å². The molecule has 27 heavy (non-hydrogen) atoms. The molecule has 11 heteroatoms. The second kappa shape index (κ2) is 6.97. The van der Waals surface area contributed by atoms with Crippen LogP contribution in [0.3, 0.4) is 0 Å². The topological polar surface area (TPSA) is 114 Å². The van der Waals surface area contributed by atoms with Gasteiger partial charge in [-0.15, -0.1) is 10.2 Å². The van der Waals surface area contributed by atoms with Gasteiger partial charge in [0, 0.05) is 32.0 Å². The van der Waals surface area contributed by atoms with Gasteiger partial charge in [-0.05, 0) is 18.9 Å². The number of hydrogen-bond donors (Lipinski definition) is 0. The number of amides is 1. The van der Waals surface area contributed by atoms with Crippen LogP contribution in [-0.4, -0.2) is 67.6 Å². The van der Waals surface area contributed by atoms with Crippen molar-refractivity contribution in [2.75, 3.05) is 19.3 Å². The summed E-state index contributed by atoms with van der Waals surface area (Å²) in [7, 11) is -3.32. The molecule has 1 atom stereocenters. The minimum absolute atomic E-state index is 0.154. The number of sulfonamides is 1. The van der Waals surface area contributed by atoms with Crippen molar-refractivity contribution >= 4 is 15.9 Å². The van der Waals surface area contributed by atoms with Gasteiger partial charge in [0.1, 0.15) is 0 Å². The van der Waals surface area contributed by atoms with Crippen LogP contribution in [0.5, 0.6) is 0 Å². The van der Waals surface area contributed by atoms with Gasteiger partial charge in [0.05, 0.1) is 18.8 Å². The molecule has 1 saturated heterocycles. The van der Waals surface area contributed by atoms with Crippen molar-refractivity contribution in [2.24, 2.45) is 0 Å².